The Hall–Kier alpha value is -1.16. The minimum atomic E-state index is 0.158. The topological polar surface area (TPSA) is 40.5 Å². The number of nitrogens with zero attached hydrogens (tertiary/aromatic N) is 1. The van der Waals surface area contributed by atoms with Crippen molar-refractivity contribution in [2.75, 3.05) is 24.6 Å². The van der Waals surface area contributed by atoms with Crippen LogP contribution in [0.3, 0.4) is 0 Å². The van der Waals surface area contributed by atoms with E-state index in [2.05, 4.69) is 0 Å². The number of hydrogen-bond acceptors (Lipinski definition) is 3. The van der Waals surface area contributed by atoms with Crippen molar-refractivity contribution >= 4 is 17.7 Å². The fraction of sp³-hybridized carbons (Fsp3) is 0.417. The minimum Gasteiger partial charge on any atom is -0.508 e. The quantitative estimate of drug-likeness (QED) is 0.847. The summed E-state index contributed by atoms with van der Waals surface area (Å²) in [5.41, 5.74) is 0.878. The summed E-state index contributed by atoms with van der Waals surface area (Å²) in [7, 11) is 0. The van der Waals surface area contributed by atoms with Crippen LogP contribution in [-0.4, -0.2) is 40.5 Å². The fourth-order valence-electron chi connectivity index (χ4n) is 1.77. The van der Waals surface area contributed by atoms with Gasteiger partial charge in [0.05, 0.1) is 6.42 Å². The highest BCUT2D eigenvalue weighted by atomic mass is 32.2. The van der Waals surface area contributed by atoms with Gasteiger partial charge < -0.3 is 10.0 Å². The molecule has 1 fully saturated rings. The number of rotatable bonds is 2. The van der Waals surface area contributed by atoms with Gasteiger partial charge in [0.1, 0.15) is 5.75 Å². The number of thioether (sulfide) groups is 1. The summed E-state index contributed by atoms with van der Waals surface area (Å²) in [6, 6.07) is 6.91. The summed E-state index contributed by atoms with van der Waals surface area (Å²) in [5.74, 6) is 2.45. The first-order valence-electron chi connectivity index (χ1n) is 5.39. The van der Waals surface area contributed by atoms with E-state index in [9.17, 15) is 9.90 Å². The molecule has 1 aliphatic heterocycles. The Kier molecular flexibility index (Phi) is 3.72. The molecule has 16 heavy (non-hydrogen) atoms. The van der Waals surface area contributed by atoms with Crippen molar-refractivity contribution in [3.63, 3.8) is 0 Å². The first kappa shape index (κ1) is 11.3. The largest absolute Gasteiger partial charge is 0.508 e. The van der Waals surface area contributed by atoms with E-state index >= 15 is 0 Å². The lowest BCUT2D eigenvalue weighted by atomic mass is 10.1. The van der Waals surface area contributed by atoms with E-state index in [1.165, 1.54) is 0 Å². The first-order valence-corrected chi connectivity index (χ1v) is 6.54. The lowest BCUT2D eigenvalue weighted by molar-refractivity contribution is -0.130. The second kappa shape index (κ2) is 5.25. The first-order chi connectivity index (χ1) is 7.75. The van der Waals surface area contributed by atoms with Gasteiger partial charge in [0.25, 0.3) is 0 Å². The van der Waals surface area contributed by atoms with Crippen LogP contribution in [0.5, 0.6) is 5.75 Å². The molecule has 2 rings (SSSR count). The molecule has 1 aromatic carbocycles. The molecular formula is C12H15NO2S. The van der Waals surface area contributed by atoms with Crippen molar-refractivity contribution < 1.29 is 9.90 Å². The number of aromatic hydroxyl groups is 1. The Bertz CT molecular complexity index is 375. The van der Waals surface area contributed by atoms with E-state index < -0.39 is 0 Å². The number of benzene rings is 1. The number of amides is 1. The van der Waals surface area contributed by atoms with Crippen LogP contribution in [-0.2, 0) is 11.2 Å². The minimum absolute atomic E-state index is 0.158. The van der Waals surface area contributed by atoms with Crippen LogP contribution in [0.25, 0.3) is 0 Å². The molecular weight excluding hydrogens is 222 g/mol. The van der Waals surface area contributed by atoms with Gasteiger partial charge in [0.2, 0.25) is 5.91 Å². The molecule has 1 heterocycles. The Labute approximate surface area is 99.5 Å². The Morgan fingerprint density at radius 1 is 1.38 bits per heavy atom. The number of carbonyl (C=O) groups excluding carboxylic acids is 1. The Morgan fingerprint density at radius 2 is 2.12 bits per heavy atom. The molecule has 0 saturated carbocycles. The fourth-order valence-corrected chi connectivity index (χ4v) is 2.67. The summed E-state index contributed by atoms with van der Waals surface area (Å²) >= 11 is 1.89. The zero-order valence-corrected chi connectivity index (χ0v) is 9.87. The Morgan fingerprint density at radius 3 is 2.81 bits per heavy atom. The zero-order chi connectivity index (χ0) is 11.4. The molecule has 4 heteroatoms. The predicted octanol–water partition coefficient (Wildman–Crippen LogP) is 1.51. The van der Waals surface area contributed by atoms with Crippen LogP contribution in [0.1, 0.15) is 5.56 Å². The predicted molar refractivity (Wildman–Crippen MR) is 65.7 cm³/mol. The molecule has 1 aromatic rings. The van der Waals surface area contributed by atoms with Gasteiger partial charge >= 0.3 is 0 Å². The van der Waals surface area contributed by atoms with Crippen LogP contribution >= 0.6 is 11.8 Å². The van der Waals surface area contributed by atoms with Gasteiger partial charge in [-0.1, -0.05) is 12.1 Å². The average Bonchev–Trinajstić information content (AvgIpc) is 2.30. The van der Waals surface area contributed by atoms with Crippen LogP contribution in [0.15, 0.2) is 24.3 Å². The molecule has 0 atom stereocenters. The molecule has 0 bridgehead atoms. The van der Waals surface area contributed by atoms with E-state index in [0.29, 0.717) is 6.42 Å². The Balaban J connectivity index is 1.96. The maximum Gasteiger partial charge on any atom is 0.227 e. The molecule has 86 valence electrons. The molecule has 1 amide bonds. The van der Waals surface area contributed by atoms with Crippen LogP contribution in [0.4, 0.5) is 0 Å². The summed E-state index contributed by atoms with van der Waals surface area (Å²) in [6.07, 6.45) is 0.388. The molecule has 3 nitrogen and oxygen atoms in total. The van der Waals surface area contributed by atoms with Crippen LogP contribution < -0.4 is 0 Å². The van der Waals surface area contributed by atoms with E-state index in [-0.39, 0.29) is 11.7 Å². The van der Waals surface area contributed by atoms with Gasteiger partial charge in [0, 0.05) is 24.6 Å². The SMILES string of the molecule is O=C(Cc1cccc(O)c1)N1CCSCC1. The van der Waals surface area contributed by atoms with E-state index in [1.807, 2.05) is 22.7 Å². The number of phenols is 1. The molecule has 0 unspecified atom stereocenters. The van der Waals surface area contributed by atoms with Crippen molar-refractivity contribution in [3.05, 3.63) is 29.8 Å². The molecule has 1 aliphatic rings. The third-order valence-corrected chi connectivity index (χ3v) is 3.57. The van der Waals surface area contributed by atoms with Gasteiger partial charge in [-0.3, -0.25) is 4.79 Å². The lowest BCUT2D eigenvalue weighted by Gasteiger charge is -2.26. The van der Waals surface area contributed by atoms with Gasteiger partial charge in [-0.25, -0.2) is 0 Å². The van der Waals surface area contributed by atoms with E-state index in [1.54, 1.807) is 18.2 Å². The third kappa shape index (κ3) is 2.92. The van der Waals surface area contributed by atoms with Gasteiger partial charge in [-0.2, -0.15) is 11.8 Å². The molecule has 0 radical (unpaired) electrons. The summed E-state index contributed by atoms with van der Waals surface area (Å²) in [4.78, 5) is 13.8. The monoisotopic (exact) mass is 237 g/mol. The number of hydrogen-bond donors (Lipinski definition) is 1. The maximum absolute atomic E-state index is 11.9. The van der Waals surface area contributed by atoms with Gasteiger partial charge in [0.15, 0.2) is 0 Å². The average molecular weight is 237 g/mol. The highest BCUT2D eigenvalue weighted by Crippen LogP contribution is 2.14. The number of carbonyl (C=O) groups is 1. The number of phenolic OH excluding ortho intramolecular Hbond substituents is 1. The van der Waals surface area contributed by atoms with Crippen molar-refractivity contribution in [2.24, 2.45) is 0 Å². The van der Waals surface area contributed by atoms with Crippen molar-refractivity contribution in [2.45, 2.75) is 6.42 Å². The summed E-state index contributed by atoms with van der Waals surface area (Å²) < 4.78 is 0. The molecule has 1 saturated heterocycles. The van der Waals surface area contributed by atoms with Gasteiger partial charge in [-0.15, -0.1) is 0 Å². The normalized spacial score (nSPS) is 16.1. The smallest absolute Gasteiger partial charge is 0.227 e. The van der Waals surface area contributed by atoms with Crippen molar-refractivity contribution in [1.29, 1.82) is 0 Å². The highest BCUT2D eigenvalue weighted by molar-refractivity contribution is 7.99. The standard InChI is InChI=1S/C12H15NO2S/c14-11-3-1-2-10(8-11)9-12(15)13-4-6-16-7-5-13/h1-3,8,14H,4-7,9H2. The summed E-state index contributed by atoms with van der Waals surface area (Å²) in [5, 5.41) is 9.31. The third-order valence-electron chi connectivity index (χ3n) is 2.63. The van der Waals surface area contributed by atoms with E-state index in [0.717, 1.165) is 30.2 Å². The van der Waals surface area contributed by atoms with Crippen LogP contribution in [0.2, 0.25) is 0 Å². The molecule has 0 aliphatic carbocycles. The van der Waals surface area contributed by atoms with Crippen molar-refractivity contribution in [3.8, 4) is 5.75 Å². The zero-order valence-electron chi connectivity index (χ0n) is 9.06. The van der Waals surface area contributed by atoms with Gasteiger partial charge in [-0.05, 0) is 17.7 Å². The molecule has 0 aromatic heterocycles. The lowest BCUT2D eigenvalue weighted by Crippen LogP contribution is -2.38. The van der Waals surface area contributed by atoms with Crippen molar-refractivity contribution in [1.82, 2.24) is 4.90 Å². The molecule has 0 spiro atoms. The van der Waals surface area contributed by atoms with E-state index in [4.69, 9.17) is 0 Å². The van der Waals surface area contributed by atoms with Crippen LogP contribution in [0, 0.1) is 0 Å². The molecule has 1 N–H and O–H groups in total. The second-order valence-electron chi connectivity index (χ2n) is 3.84. The highest BCUT2D eigenvalue weighted by Gasteiger charge is 2.16. The maximum atomic E-state index is 11.9. The summed E-state index contributed by atoms with van der Waals surface area (Å²) in [6.45, 7) is 1.70. The second-order valence-corrected chi connectivity index (χ2v) is 5.06.